The van der Waals surface area contributed by atoms with E-state index in [1.54, 1.807) is 6.26 Å². The molecule has 0 unspecified atom stereocenters. The number of rotatable bonds is 6. The molecule has 0 bridgehead atoms. The fourth-order valence-electron chi connectivity index (χ4n) is 1.90. The van der Waals surface area contributed by atoms with Gasteiger partial charge in [-0.25, -0.2) is 0 Å². The van der Waals surface area contributed by atoms with Gasteiger partial charge >= 0.3 is 0 Å². The minimum atomic E-state index is 0.696. The van der Waals surface area contributed by atoms with Gasteiger partial charge in [-0.2, -0.15) is 5.10 Å². The summed E-state index contributed by atoms with van der Waals surface area (Å²) in [6.45, 7) is 1.50. The Balaban J connectivity index is 1.57. The fourth-order valence-corrected chi connectivity index (χ4v) is 1.90. The molecule has 2 heterocycles. The summed E-state index contributed by atoms with van der Waals surface area (Å²) in [6.07, 6.45) is 4.26. The monoisotopic (exact) mass is 258 g/mol. The Bertz CT molecular complexity index is 505. The van der Waals surface area contributed by atoms with Crippen LogP contribution in [0.2, 0.25) is 0 Å². The summed E-state index contributed by atoms with van der Waals surface area (Å²) >= 11 is 0. The van der Waals surface area contributed by atoms with E-state index in [1.165, 1.54) is 12.8 Å². The van der Waals surface area contributed by atoms with Crippen LogP contribution in [0.15, 0.2) is 34.9 Å². The van der Waals surface area contributed by atoms with Gasteiger partial charge in [-0.15, -0.1) is 5.10 Å². The van der Waals surface area contributed by atoms with Crippen LogP contribution in [0.3, 0.4) is 0 Å². The summed E-state index contributed by atoms with van der Waals surface area (Å²) in [4.78, 5) is 2.02. The Hall–Kier alpha value is -1.88. The standard InChI is InChI=1S/C14H18N4O/c1-18(10-13-3-2-8-19-13)14-7-6-12(16-17-14)9-15-11-4-5-11/h2-3,6-8,11,15H,4-5,9-10H2,1H3. The van der Waals surface area contributed by atoms with Gasteiger partial charge in [0.25, 0.3) is 0 Å². The molecule has 19 heavy (non-hydrogen) atoms. The van der Waals surface area contributed by atoms with Crippen molar-refractivity contribution in [2.75, 3.05) is 11.9 Å². The molecule has 5 nitrogen and oxygen atoms in total. The van der Waals surface area contributed by atoms with Gasteiger partial charge in [0.2, 0.25) is 0 Å². The van der Waals surface area contributed by atoms with Crippen molar-refractivity contribution in [3.05, 3.63) is 42.0 Å². The van der Waals surface area contributed by atoms with Crippen LogP contribution in [0.5, 0.6) is 0 Å². The van der Waals surface area contributed by atoms with Gasteiger partial charge in [0.05, 0.1) is 18.5 Å². The van der Waals surface area contributed by atoms with E-state index in [0.717, 1.165) is 23.8 Å². The van der Waals surface area contributed by atoms with E-state index in [-0.39, 0.29) is 0 Å². The molecule has 2 aromatic heterocycles. The van der Waals surface area contributed by atoms with Crippen molar-refractivity contribution >= 4 is 5.82 Å². The van der Waals surface area contributed by atoms with Crippen LogP contribution in [0.1, 0.15) is 24.3 Å². The first-order valence-corrected chi connectivity index (χ1v) is 6.61. The van der Waals surface area contributed by atoms with Crippen LogP contribution >= 0.6 is 0 Å². The van der Waals surface area contributed by atoms with Crippen molar-refractivity contribution < 1.29 is 4.42 Å². The maximum absolute atomic E-state index is 5.32. The quantitative estimate of drug-likeness (QED) is 0.858. The van der Waals surface area contributed by atoms with E-state index < -0.39 is 0 Å². The Morgan fingerprint density at radius 1 is 1.32 bits per heavy atom. The third-order valence-corrected chi connectivity index (χ3v) is 3.22. The molecule has 1 fully saturated rings. The molecule has 1 aliphatic carbocycles. The maximum Gasteiger partial charge on any atom is 0.151 e. The fraction of sp³-hybridized carbons (Fsp3) is 0.429. The number of hydrogen-bond acceptors (Lipinski definition) is 5. The largest absolute Gasteiger partial charge is 0.467 e. The van der Waals surface area contributed by atoms with Crippen LogP contribution in [0.25, 0.3) is 0 Å². The zero-order chi connectivity index (χ0) is 13.1. The molecular weight excluding hydrogens is 240 g/mol. The lowest BCUT2D eigenvalue weighted by molar-refractivity contribution is 0.506. The average molecular weight is 258 g/mol. The first-order valence-electron chi connectivity index (χ1n) is 6.61. The molecule has 5 heteroatoms. The number of hydrogen-bond donors (Lipinski definition) is 1. The van der Waals surface area contributed by atoms with Gasteiger partial charge in [0.15, 0.2) is 5.82 Å². The highest BCUT2D eigenvalue weighted by molar-refractivity contribution is 5.36. The van der Waals surface area contributed by atoms with E-state index >= 15 is 0 Å². The van der Waals surface area contributed by atoms with E-state index in [2.05, 4.69) is 15.5 Å². The number of furan rings is 1. The van der Waals surface area contributed by atoms with Crippen LogP contribution in [0, 0.1) is 0 Å². The highest BCUT2D eigenvalue weighted by atomic mass is 16.3. The first-order chi connectivity index (χ1) is 9.31. The number of anilines is 1. The second-order valence-corrected chi connectivity index (χ2v) is 4.97. The van der Waals surface area contributed by atoms with Crippen molar-refractivity contribution in [1.29, 1.82) is 0 Å². The maximum atomic E-state index is 5.32. The summed E-state index contributed by atoms with van der Waals surface area (Å²) in [5.74, 6) is 1.77. The summed E-state index contributed by atoms with van der Waals surface area (Å²) in [6, 6.07) is 8.57. The van der Waals surface area contributed by atoms with Crippen LogP contribution < -0.4 is 10.2 Å². The van der Waals surface area contributed by atoms with Gasteiger partial charge in [-0.05, 0) is 37.1 Å². The molecule has 1 N–H and O–H groups in total. The number of nitrogens with zero attached hydrogens (tertiary/aromatic N) is 3. The van der Waals surface area contributed by atoms with E-state index in [1.807, 2.05) is 36.2 Å². The van der Waals surface area contributed by atoms with E-state index in [9.17, 15) is 0 Å². The zero-order valence-electron chi connectivity index (χ0n) is 11.0. The van der Waals surface area contributed by atoms with Crippen LogP contribution in [-0.2, 0) is 13.1 Å². The molecule has 0 spiro atoms. The minimum Gasteiger partial charge on any atom is -0.467 e. The lowest BCUT2D eigenvalue weighted by Gasteiger charge is -2.16. The number of nitrogens with one attached hydrogen (secondary N) is 1. The molecule has 0 aliphatic heterocycles. The summed E-state index contributed by atoms with van der Waals surface area (Å²) in [5.41, 5.74) is 0.988. The molecule has 1 saturated carbocycles. The Morgan fingerprint density at radius 2 is 2.21 bits per heavy atom. The van der Waals surface area contributed by atoms with Crippen LogP contribution in [0.4, 0.5) is 5.82 Å². The highest BCUT2D eigenvalue weighted by Crippen LogP contribution is 2.19. The zero-order valence-corrected chi connectivity index (χ0v) is 11.0. The molecule has 3 rings (SSSR count). The predicted molar refractivity (Wildman–Crippen MR) is 72.7 cm³/mol. The molecule has 0 aromatic carbocycles. The van der Waals surface area contributed by atoms with Crippen molar-refractivity contribution in [2.45, 2.75) is 32.0 Å². The van der Waals surface area contributed by atoms with Crippen molar-refractivity contribution in [2.24, 2.45) is 0 Å². The smallest absolute Gasteiger partial charge is 0.151 e. The molecule has 0 amide bonds. The van der Waals surface area contributed by atoms with Gasteiger partial charge in [-0.3, -0.25) is 0 Å². The second-order valence-electron chi connectivity index (χ2n) is 4.97. The van der Waals surface area contributed by atoms with Gasteiger partial charge in [-0.1, -0.05) is 0 Å². The summed E-state index contributed by atoms with van der Waals surface area (Å²) in [7, 11) is 1.98. The molecule has 100 valence electrons. The Kier molecular flexibility index (Phi) is 3.46. The Morgan fingerprint density at radius 3 is 2.84 bits per heavy atom. The predicted octanol–water partition coefficient (Wildman–Crippen LogP) is 1.96. The lowest BCUT2D eigenvalue weighted by atomic mass is 10.3. The normalized spacial score (nSPS) is 14.6. The van der Waals surface area contributed by atoms with E-state index in [0.29, 0.717) is 12.6 Å². The SMILES string of the molecule is CN(Cc1ccco1)c1ccc(CNC2CC2)nn1. The molecule has 0 saturated heterocycles. The van der Waals surface area contributed by atoms with Gasteiger partial charge in [0.1, 0.15) is 5.76 Å². The number of aromatic nitrogens is 2. The average Bonchev–Trinajstić information content (AvgIpc) is 3.13. The topological polar surface area (TPSA) is 54.2 Å². The first kappa shape index (κ1) is 12.2. The minimum absolute atomic E-state index is 0.696. The third-order valence-electron chi connectivity index (χ3n) is 3.22. The van der Waals surface area contributed by atoms with Crippen molar-refractivity contribution in [1.82, 2.24) is 15.5 Å². The molecule has 0 radical (unpaired) electrons. The van der Waals surface area contributed by atoms with Crippen molar-refractivity contribution in [3.63, 3.8) is 0 Å². The molecule has 0 atom stereocenters. The second kappa shape index (κ2) is 5.40. The Labute approximate surface area is 112 Å². The van der Waals surface area contributed by atoms with Crippen LogP contribution in [-0.4, -0.2) is 23.3 Å². The van der Waals surface area contributed by atoms with Gasteiger partial charge in [0, 0.05) is 19.6 Å². The molecular formula is C14H18N4O. The molecule has 1 aliphatic rings. The molecule has 2 aromatic rings. The third kappa shape index (κ3) is 3.32. The highest BCUT2D eigenvalue weighted by Gasteiger charge is 2.20. The summed E-state index contributed by atoms with van der Waals surface area (Å²) < 4.78 is 5.32. The lowest BCUT2D eigenvalue weighted by Crippen LogP contribution is -2.19. The summed E-state index contributed by atoms with van der Waals surface area (Å²) in [5, 5.41) is 11.9. The van der Waals surface area contributed by atoms with E-state index in [4.69, 9.17) is 4.42 Å². The van der Waals surface area contributed by atoms with Gasteiger partial charge < -0.3 is 14.6 Å². The van der Waals surface area contributed by atoms with Crippen molar-refractivity contribution in [3.8, 4) is 0 Å².